The van der Waals surface area contributed by atoms with E-state index in [2.05, 4.69) is 48.6 Å². The molecule has 0 unspecified atom stereocenters. The van der Waals surface area contributed by atoms with E-state index in [0.717, 1.165) is 0 Å². The third-order valence-electron chi connectivity index (χ3n) is 2.67. The van der Waals surface area contributed by atoms with E-state index in [1.165, 1.54) is 51.4 Å². The Kier molecular flexibility index (Phi) is 147. The molecule has 0 atom stereocenters. The fraction of sp³-hybridized carbons (Fsp3) is 0.500. The maximum atomic E-state index is 9.89. The van der Waals surface area contributed by atoms with Crippen LogP contribution in [0.15, 0.2) is 48.6 Å². The van der Waals surface area contributed by atoms with Gasteiger partial charge in [-0.2, -0.15) is 0 Å². The van der Waals surface area contributed by atoms with Gasteiger partial charge in [0.2, 0.25) is 0 Å². The second-order valence-electron chi connectivity index (χ2n) is 5.29. The van der Waals surface area contributed by atoms with Crippen molar-refractivity contribution < 1.29 is 218 Å². The van der Waals surface area contributed by atoms with Crippen molar-refractivity contribution in [1.82, 2.24) is 0 Å². The summed E-state index contributed by atoms with van der Waals surface area (Å²) >= 11 is 0. The molecule has 0 aromatic carbocycles. The first-order valence-corrected chi connectivity index (χ1v) is 9.36. The van der Waals surface area contributed by atoms with Crippen LogP contribution in [0.3, 0.4) is 0 Å². The molecule has 0 aromatic rings. The van der Waals surface area contributed by atoms with E-state index in [1.54, 1.807) is 0 Å². The van der Waals surface area contributed by atoms with E-state index in [1.807, 2.05) is 0 Å². The van der Waals surface area contributed by atoms with Crippen molar-refractivity contribution in [3.8, 4) is 0 Å². The van der Waals surface area contributed by atoms with Crippen LogP contribution in [0, 0.1) is 0 Å². The van der Waals surface area contributed by atoms with Crippen LogP contribution >= 0.6 is 0 Å². The number of halogens is 4. The van der Waals surface area contributed by atoms with Crippen LogP contribution in [0.2, 0.25) is 0 Å². The Morgan fingerprint density at radius 3 is 0.375 bits per heavy atom. The molecule has 0 bridgehead atoms. The van der Waals surface area contributed by atoms with Crippen molar-refractivity contribution in [2.24, 2.45) is 0 Å². The van der Waals surface area contributed by atoms with E-state index in [0.29, 0.717) is 0 Å². The maximum Gasteiger partial charge on any atom is 1.00 e. The standard InChI is InChI=1S/2C8H12.4BFO2.8Ir/c2*1-2-4-6-8-7-5-3-1;4*2-1(3)4;;;;;;;;/h2*1-2,7-8H,3-6H2;;;;;;;;;;;;/q;;4*-2;8*+1. The second kappa shape index (κ2) is 74.0. The van der Waals surface area contributed by atoms with Crippen molar-refractivity contribution in [3.63, 3.8) is 0 Å². The summed E-state index contributed by atoms with van der Waals surface area (Å²) in [7, 11) is -12.7. The first kappa shape index (κ1) is 79.4. The molecule has 0 aromatic heterocycles. The van der Waals surface area contributed by atoms with Crippen LogP contribution in [0.4, 0.5) is 17.3 Å². The van der Waals surface area contributed by atoms with Crippen molar-refractivity contribution in [1.29, 1.82) is 0 Å². The van der Waals surface area contributed by atoms with Crippen molar-refractivity contribution in [3.05, 3.63) is 48.6 Å². The third-order valence-corrected chi connectivity index (χ3v) is 2.67. The van der Waals surface area contributed by atoms with E-state index in [-0.39, 0.29) is 161 Å². The van der Waals surface area contributed by atoms with Crippen LogP contribution in [0.5, 0.6) is 0 Å². The Balaban J connectivity index is -0.0000000233. The third kappa shape index (κ3) is 177. The molecular weight excluding hydrogens is 1980 g/mol. The van der Waals surface area contributed by atoms with Crippen LogP contribution in [0.25, 0.3) is 0 Å². The van der Waals surface area contributed by atoms with Gasteiger partial charge in [-0.15, -0.1) is 0 Å². The van der Waals surface area contributed by atoms with Crippen LogP contribution < -0.4 is 40.2 Å². The van der Waals surface area contributed by atoms with Crippen LogP contribution in [0.1, 0.15) is 51.4 Å². The van der Waals surface area contributed by atoms with Gasteiger partial charge in [0, 0.05) is 0 Å². The van der Waals surface area contributed by atoms with Gasteiger partial charge in [-0.25, -0.2) is 0 Å². The number of allylic oxidation sites excluding steroid dienone is 8. The largest absolute Gasteiger partial charge is 1.00 e. The summed E-state index contributed by atoms with van der Waals surface area (Å²) in [4.78, 5) is 0. The van der Waals surface area contributed by atoms with Gasteiger partial charge in [0.15, 0.2) is 0 Å². The second-order valence-corrected chi connectivity index (χ2v) is 5.29. The number of hydrogen-bond donors (Lipinski definition) is 0. The molecule has 2 aliphatic carbocycles. The molecule has 0 heterocycles. The molecule has 2 aliphatic rings. The normalized spacial score (nSPS) is 10.7. The summed E-state index contributed by atoms with van der Waals surface area (Å²) in [6.07, 6.45) is 28.0. The molecule has 24 heteroatoms. The first-order chi connectivity index (χ1) is 14.9. The minimum atomic E-state index is -3.17. The molecule has 40 heavy (non-hydrogen) atoms. The molecule has 0 radical (unpaired) electrons. The summed E-state index contributed by atoms with van der Waals surface area (Å²) in [6.45, 7) is 0. The van der Waals surface area contributed by atoms with Crippen LogP contribution in [-0.2, 0) is 161 Å². The fourth-order valence-electron chi connectivity index (χ4n) is 1.71. The van der Waals surface area contributed by atoms with E-state index in [9.17, 15) is 17.3 Å². The average Bonchev–Trinajstić information content (AvgIpc) is 2.51. The van der Waals surface area contributed by atoms with Gasteiger partial charge in [0.05, 0.1) is 0 Å². The zero-order chi connectivity index (χ0) is 25.6. The van der Waals surface area contributed by atoms with Gasteiger partial charge in [0.1, 0.15) is 29.6 Å². The van der Waals surface area contributed by atoms with Crippen molar-refractivity contribution in [2.75, 3.05) is 0 Å². The molecule has 0 fully saturated rings. The topological polar surface area (TPSA) is 184 Å². The molecule has 0 spiro atoms. The predicted octanol–water partition coefficient (Wildman–Crippen LogP) is -4.03. The minimum Gasteiger partial charge on any atom is -0.867 e. The first-order valence-electron chi connectivity index (χ1n) is 9.36. The van der Waals surface area contributed by atoms with E-state index >= 15 is 0 Å². The van der Waals surface area contributed by atoms with Crippen LogP contribution in [-0.4, -0.2) is 29.6 Å². The molecular formula is C16H24B4F4Ir8O8. The summed E-state index contributed by atoms with van der Waals surface area (Å²) in [5.41, 5.74) is 0. The Hall–Kier alpha value is 3.81. The number of rotatable bonds is 0. The zero-order valence-corrected chi connectivity index (χ0v) is 39.2. The monoisotopic (exact) mass is 2010 g/mol. The summed E-state index contributed by atoms with van der Waals surface area (Å²) in [5, 5.41) is 66.4. The summed E-state index contributed by atoms with van der Waals surface area (Å²) in [5.74, 6) is 0. The minimum absolute atomic E-state index is 0. The van der Waals surface area contributed by atoms with Crippen molar-refractivity contribution in [2.45, 2.75) is 51.4 Å². The quantitative estimate of drug-likeness (QED) is 0.134. The maximum absolute atomic E-state index is 9.89. The van der Waals surface area contributed by atoms with E-state index in [4.69, 9.17) is 40.2 Å². The van der Waals surface area contributed by atoms with E-state index < -0.39 is 29.6 Å². The summed E-state index contributed by atoms with van der Waals surface area (Å²) in [6, 6.07) is 0. The molecule has 0 N–H and O–H groups in total. The van der Waals surface area contributed by atoms with Gasteiger partial charge in [-0.3, -0.25) is 0 Å². The fourth-order valence-corrected chi connectivity index (χ4v) is 1.71. The van der Waals surface area contributed by atoms with Gasteiger partial charge in [0.25, 0.3) is 0 Å². The molecule has 0 saturated heterocycles. The Bertz CT molecular complexity index is 372. The predicted molar refractivity (Wildman–Crippen MR) is 101 cm³/mol. The molecule has 0 amide bonds. The summed E-state index contributed by atoms with van der Waals surface area (Å²) < 4.78 is 39.6. The smallest absolute Gasteiger partial charge is 0.867 e. The average molecular weight is 2000 g/mol. The molecule has 248 valence electrons. The van der Waals surface area contributed by atoms with Gasteiger partial charge in [-0.05, 0) is 51.4 Å². The van der Waals surface area contributed by atoms with Gasteiger partial charge in [-0.1, -0.05) is 48.6 Å². The van der Waals surface area contributed by atoms with Crippen molar-refractivity contribution >= 4 is 29.6 Å². The van der Waals surface area contributed by atoms with Gasteiger partial charge < -0.3 is 57.5 Å². The molecule has 0 aliphatic heterocycles. The molecule has 0 saturated carbocycles. The Morgan fingerprint density at radius 1 is 0.275 bits per heavy atom. The molecule has 8 nitrogen and oxygen atoms in total. The van der Waals surface area contributed by atoms with Gasteiger partial charge >= 0.3 is 161 Å². The number of hydrogen-bond acceptors (Lipinski definition) is 8. The zero-order valence-electron chi connectivity index (χ0n) is 20.0. The Morgan fingerprint density at radius 2 is 0.325 bits per heavy atom. The SMILES string of the molecule is C1=CCCC=CCC1.C1=CCCC=CCC1.[Ir+].[Ir+].[Ir+].[Ir+].[Ir+].[Ir+].[Ir+].[Ir+].[O-]B([O-])F.[O-]B([O-])F.[O-]B([O-])F.[O-]B([O-])F. The Labute approximate surface area is 343 Å². The molecule has 2 rings (SSSR count).